The molecule has 0 aliphatic carbocycles. The van der Waals surface area contributed by atoms with Gasteiger partial charge in [0.15, 0.2) is 0 Å². The van der Waals surface area contributed by atoms with Crippen molar-refractivity contribution in [3.63, 3.8) is 0 Å². The molecule has 0 aromatic carbocycles. The average Bonchev–Trinajstić information content (AvgIpc) is 1.64. The second kappa shape index (κ2) is 3.12. The molecule has 0 aromatic rings. The van der Waals surface area contributed by atoms with Crippen LogP contribution in [-0.4, -0.2) is 25.0 Å². The summed E-state index contributed by atoms with van der Waals surface area (Å²) in [5.74, 6) is -1.14. The van der Waals surface area contributed by atoms with E-state index in [4.69, 9.17) is 0 Å². The fourth-order valence-electron chi connectivity index (χ4n) is 0.559. The molecule has 3 nitrogen and oxygen atoms in total. The van der Waals surface area contributed by atoms with E-state index in [2.05, 4.69) is 0 Å². The zero-order valence-corrected chi connectivity index (χ0v) is 5.84. The molecule has 52 valence electrons. The lowest BCUT2D eigenvalue weighted by molar-refractivity contribution is -0.300. The first kappa shape index (κ1) is 8.01. The Bertz CT molecular complexity index is 138. The Morgan fingerprint density at radius 2 is 2.00 bits per heavy atom. The molecule has 0 amide bonds. The predicted molar refractivity (Wildman–Crippen MR) is 32.5 cm³/mol. The van der Waals surface area contributed by atoms with Crippen LogP contribution in [0.1, 0.15) is 6.92 Å². The maximum absolute atomic E-state index is 10.2. The maximum Gasteiger partial charge on any atom is 0.0873 e. The molecule has 0 aliphatic rings. The predicted octanol–water partition coefficient (Wildman–Crippen LogP) is -0.798. The normalized spacial score (nSPS) is 11.2. The van der Waals surface area contributed by atoms with Crippen molar-refractivity contribution in [2.75, 3.05) is 14.1 Å². The first-order chi connectivity index (χ1) is 4.09. The third-order valence-electron chi connectivity index (χ3n) is 0.964. The van der Waals surface area contributed by atoms with Crippen LogP contribution >= 0.6 is 0 Å². The van der Waals surface area contributed by atoms with Crippen molar-refractivity contribution >= 4 is 5.97 Å². The van der Waals surface area contributed by atoms with Gasteiger partial charge in [0.25, 0.3) is 0 Å². The highest BCUT2D eigenvalue weighted by Crippen LogP contribution is 1.93. The SMILES string of the molecule is CC=C(C(=O)[O-])N(C)C. The first-order valence-corrected chi connectivity index (χ1v) is 2.64. The summed E-state index contributed by atoms with van der Waals surface area (Å²) in [5, 5.41) is 10.2. The van der Waals surface area contributed by atoms with Crippen molar-refractivity contribution < 1.29 is 9.90 Å². The standard InChI is InChI=1S/C6H11NO2/c1-4-5(6(8)9)7(2)3/h4H,1-3H3,(H,8,9)/p-1. The van der Waals surface area contributed by atoms with E-state index < -0.39 is 5.97 Å². The molecule has 0 spiro atoms. The third-order valence-corrected chi connectivity index (χ3v) is 0.964. The van der Waals surface area contributed by atoms with Gasteiger partial charge in [-0.2, -0.15) is 0 Å². The van der Waals surface area contributed by atoms with Crippen LogP contribution < -0.4 is 5.11 Å². The lowest BCUT2D eigenvalue weighted by atomic mass is 10.4. The van der Waals surface area contributed by atoms with Gasteiger partial charge < -0.3 is 14.8 Å². The topological polar surface area (TPSA) is 43.4 Å². The van der Waals surface area contributed by atoms with Gasteiger partial charge in [0.05, 0.1) is 11.7 Å². The van der Waals surface area contributed by atoms with E-state index in [0.717, 1.165) is 0 Å². The Morgan fingerprint density at radius 1 is 1.56 bits per heavy atom. The summed E-state index contributed by atoms with van der Waals surface area (Å²) in [6.07, 6.45) is 1.50. The Kier molecular flexibility index (Phi) is 2.78. The number of carbonyl (C=O) groups excluding carboxylic acids is 1. The average molecular weight is 128 g/mol. The Morgan fingerprint density at radius 3 is 2.00 bits per heavy atom. The second-order valence-corrected chi connectivity index (χ2v) is 1.86. The summed E-state index contributed by atoms with van der Waals surface area (Å²) in [5.41, 5.74) is 0.204. The molecule has 0 rings (SSSR count). The van der Waals surface area contributed by atoms with Crippen molar-refractivity contribution in [2.45, 2.75) is 6.92 Å². The largest absolute Gasteiger partial charge is 0.543 e. The summed E-state index contributed by atoms with van der Waals surface area (Å²) in [6, 6.07) is 0. The van der Waals surface area contributed by atoms with E-state index in [9.17, 15) is 9.90 Å². The van der Waals surface area contributed by atoms with E-state index >= 15 is 0 Å². The van der Waals surface area contributed by atoms with Crippen LogP contribution in [0.3, 0.4) is 0 Å². The summed E-state index contributed by atoms with van der Waals surface area (Å²) in [6.45, 7) is 1.66. The van der Waals surface area contributed by atoms with Crippen LogP contribution in [0.25, 0.3) is 0 Å². The first-order valence-electron chi connectivity index (χ1n) is 2.64. The third kappa shape index (κ3) is 2.17. The van der Waals surface area contributed by atoms with Gasteiger partial charge in [0.1, 0.15) is 0 Å². The number of allylic oxidation sites excluding steroid dienone is 1. The number of carboxylic acids is 1. The molecular weight excluding hydrogens is 118 g/mol. The molecule has 9 heavy (non-hydrogen) atoms. The van der Waals surface area contributed by atoms with Crippen LogP contribution in [0, 0.1) is 0 Å². The number of aliphatic carboxylic acids is 1. The zero-order chi connectivity index (χ0) is 7.44. The molecule has 3 heteroatoms. The lowest BCUT2D eigenvalue weighted by Crippen LogP contribution is -2.31. The number of likely N-dealkylation sites (N-methyl/N-ethyl adjacent to an activating group) is 1. The molecule has 0 saturated carbocycles. The molecule has 0 atom stereocenters. The van der Waals surface area contributed by atoms with Crippen molar-refractivity contribution in [3.8, 4) is 0 Å². The van der Waals surface area contributed by atoms with Gasteiger partial charge in [-0.1, -0.05) is 6.08 Å². The van der Waals surface area contributed by atoms with E-state index in [0.29, 0.717) is 0 Å². The molecule has 0 N–H and O–H groups in total. The van der Waals surface area contributed by atoms with Crippen LogP contribution in [0.15, 0.2) is 11.8 Å². The summed E-state index contributed by atoms with van der Waals surface area (Å²) < 4.78 is 0. The number of carbonyl (C=O) groups is 1. The highest BCUT2D eigenvalue weighted by molar-refractivity contribution is 5.83. The fourth-order valence-corrected chi connectivity index (χ4v) is 0.559. The molecule has 0 fully saturated rings. The number of nitrogens with zero attached hydrogens (tertiary/aromatic N) is 1. The zero-order valence-electron chi connectivity index (χ0n) is 5.84. The molecule has 0 aliphatic heterocycles. The minimum Gasteiger partial charge on any atom is -0.543 e. The summed E-state index contributed by atoms with van der Waals surface area (Å²) in [7, 11) is 3.32. The van der Waals surface area contributed by atoms with Gasteiger partial charge in [-0.25, -0.2) is 0 Å². The molecule has 0 unspecified atom stereocenters. The van der Waals surface area contributed by atoms with Gasteiger partial charge >= 0.3 is 0 Å². The van der Waals surface area contributed by atoms with Crippen molar-refractivity contribution in [3.05, 3.63) is 11.8 Å². The molecule has 0 saturated heterocycles. The Hall–Kier alpha value is -0.990. The van der Waals surface area contributed by atoms with Crippen LogP contribution in [0.4, 0.5) is 0 Å². The quantitative estimate of drug-likeness (QED) is 0.457. The molecule has 0 aromatic heterocycles. The van der Waals surface area contributed by atoms with Gasteiger partial charge in [-0.05, 0) is 6.92 Å². The minimum absolute atomic E-state index is 0.204. The highest BCUT2D eigenvalue weighted by atomic mass is 16.4. The Balaban J connectivity index is 4.19. The fraction of sp³-hybridized carbons (Fsp3) is 0.500. The van der Waals surface area contributed by atoms with Gasteiger partial charge in [0.2, 0.25) is 0 Å². The maximum atomic E-state index is 10.2. The monoisotopic (exact) mass is 128 g/mol. The molecule has 0 heterocycles. The van der Waals surface area contributed by atoms with Crippen molar-refractivity contribution in [1.82, 2.24) is 4.90 Å². The van der Waals surface area contributed by atoms with Crippen molar-refractivity contribution in [2.24, 2.45) is 0 Å². The lowest BCUT2D eigenvalue weighted by Gasteiger charge is -2.16. The summed E-state index contributed by atoms with van der Waals surface area (Å²) in [4.78, 5) is 11.6. The van der Waals surface area contributed by atoms with Crippen LogP contribution in [0.2, 0.25) is 0 Å². The second-order valence-electron chi connectivity index (χ2n) is 1.86. The van der Waals surface area contributed by atoms with E-state index in [1.165, 1.54) is 11.0 Å². The number of hydrogen-bond acceptors (Lipinski definition) is 3. The minimum atomic E-state index is -1.14. The van der Waals surface area contributed by atoms with Gasteiger partial charge in [0, 0.05) is 14.1 Å². The van der Waals surface area contributed by atoms with Gasteiger partial charge in [-0.15, -0.1) is 0 Å². The van der Waals surface area contributed by atoms with Gasteiger partial charge in [-0.3, -0.25) is 0 Å². The summed E-state index contributed by atoms with van der Waals surface area (Å²) >= 11 is 0. The molecule has 0 bridgehead atoms. The smallest absolute Gasteiger partial charge is 0.0873 e. The molecular formula is C6H10NO2-. The number of rotatable bonds is 2. The van der Waals surface area contributed by atoms with Crippen LogP contribution in [-0.2, 0) is 4.79 Å². The number of hydrogen-bond donors (Lipinski definition) is 0. The number of carboxylic acid groups (broad SMARTS) is 1. The van der Waals surface area contributed by atoms with E-state index in [1.807, 2.05) is 0 Å². The highest BCUT2D eigenvalue weighted by Gasteiger charge is 1.95. The van der Waals surface area contributed by atoms with Crippen LogP contribution in [0.5, 0.6) is 0 Å². The van der Waals surface area contributed by atoms with Crippen molar-refractivity contribution in [1.29, 1.82) is 0 Å². The molecule has 0 radical (unpaired) electrons. The van der Waals surface area contributed by atoms with E-state index in [-0.39, 0.29) is 5.70 Å². The Labute approximate surface area is 54.6 Å². The van der Waals surface area contributed by atoms with E-state index in [1.54, 1.807) is 21.0 Å².